The Morgan fingerprint density at radius 3 is 2.76 bits per heavy atom. The zero-order valence-electron chi connectivity index (χ0n) is 10.1. The summed E-state index contributed by atoms with van der Waals surface area (Å²) in [4.78, 5) is 13.2. The molecule has 0 aromatic carbocycles. The minimum absolute atomic E-state index is 0.0621. The van der Waals surface area contributed by atoms with Crippen molar-refractivity contribution in [3.63, 3.8) is 0 Å². The van der Waals surface area contributed by atoms with Gasteiger partial charge in [-0.25, -0.2) is 0 Å². The fourth-order valence-corrected chi connectivity index (χ4v) is 3.05. The highest BCUT2D eigenvalue weighted by Gasteiger charge is 2.23. The number of hydrogen-bond donors (Lipinski definition) is 0. The zero-order chi connectivity index (χ0) is 12.7. The molecule has 1 fully saturated rings. The molecule has 0 N–H and O–H groups in total. The number of nitriles is 1. The third-order valence-corrected chi connectivity index (χ3v) is 4.54. The van der Waals surface area contributed by atoms with Crippen LogP contribution in [0.15, 0.2) is 0 Å². The van der Waals surface area contributed by atoms with E-state index in [4.69, 9.17) is 10.00 Å². The van der Waals surface area contributed by atoms with Gasteiger partial charge in [-0.3, -0.25) is 9.00 Å². The van der Waals surface area contributed by atoms with Crippen molar-refractivity contribution in [1.82, 2.24) is 4.90 Å². The SMILES string of the molecule is CN(CCC#N)C(=O)CS(=O)C1CCOCC1. The molecule has 0 aliphatic carbocycles. The Bertz CT molecular complexity index is 321. The first-order valence-electron chi connectivity index (χ1n) is 5.71. The zero-order valence-corrected chi connectivity index (χ0v) is 10.9. The summed E-state index contributed by atoms with van der Waals surface area (Å²) in [5.41, 5.74) is 0. The molecule has 1 saturated heterocycles. The number of carbonyl (C=O) groups is 1. The van der Waals surface area contributed by atoms with E-state index >= 15 is 0 Å². The van der Waals surface area contributed by atoms with Gasteiger partial charge in [-0.15, -0.1) is 0 Å². The van der Waals surface area contributed by atoms with Gasteiger partial charge < -0.3 is 9.64 Å². The van der Waals surface area contributed by atoms with E-state index < -0.39 is 10.8 Å². The molecule has 6 heteroatoms. The normalized spacial score (nSPS) is 18.4. The lowest BCUT2D eigenvalue weighted by molar-refractivity contribution is -0.127. The first-order chi connectivity index (χ1) is 8.15. The van der Waals surface area contributed by atoms with Crippen LogP contribution in [-0.2, 0) is 20.3 Å². The molecule has 1 aliphatic rings. The van der Waals surface area contributed by atoms with Crippen molar-refractivity contribution in [2.75, 3.05) is 32.6 Å². The third-order valence-electron chi connectivity index (χ3n) is 2.79. The van der Waals surface area contributed by atoms with E-state index in [2.05, 4.69) is 0 Å². The Morgan fingerprint density at radius 1 is 1.53 bits per heavy atom. The number of nitrogens with zero attached hydrogens (tertiary/aromatic N) is 2. The van der Waals surface area contributed by atoms with Crippen molar-refractivity contribution in [1.29, 1.82) is 5.26 Å². The van der Waals surface area contributed by atoms with E-state index in [-0.39, 0.29) is 16.9 Å². The Balaban J connectivity index is 2.34. The number of amides is 1. The standard InChI is InChI=1S/C11H18N2O3S/c1-13(6-2-5-12)11(14)9-17(15)10-3-7-16-8-4-10/h10H,2-4,6-9H2,1H3. The average Bonchev–Trinajstić information content (AvgIpc) is 2.36. The third kappa shape index (κ3) is 4.84. The van der Waals surface area contributed by atoms with Crippen LogP contribution in [0.1, 0.15) is 19.3 Å². The molecule has 0 saturated carbocycles. The Kier molecular flexibility index (Phi) is 6.16. The second kappa shape index (κ2) is 7.41. The van der Waals surface area contributed by atoms with Crippen molar-refractivity contribution in [3.8, 4) is 6.07 Å². The van der Waals surface area contributed by atoms with Gasteiger partial charge in [0.2, 0.25) is 5.91 Å². The molecule has 1 unspecified atom stereocenters. The van der Waals surface area contributed by atoms with Crippen LogP contribution in [0.4, 0.5) is 0 Å². The maximum atomic E-state index is 11.9. The van der Waals surface area contributed by atoms with Gasteiger partial charge in [-0.1, -0.05) is 0 Å². The van der Waals surface area contributed by atoms with Gasteiger partial charge in [-0.05, 0) is 12.8 Å². The summed E-state index contributed by atoms with van der Waals surface area (Å²) in [7, 11) is 0.523. The molecule has 5 nitrogen and oxygen atoms in total. The molecule has 1 amide bonds. The summed E-state index contributed by atoms with van der Waals surface area (Å²) < 4.78 is 17.1. The molecule has 1 aliphatic heterocycles. The van der Waals surface area contributed by atoms with Crippen LogP contribution in [0.25, 0.3) is 0 Å². The summed E-state index contributed by atoms with van der Waals surface area (Å²) in [5, 5.41) is 8.50. The molecule has 0 radical (unpaired) electrons. The first kappa shape index (κ1) is 14.1. The summed E-state index contributed by atoms with van der Waals surface area (Å²) >= 11 is 0. The van der Waals surface area contributed by atoms with E-state index in [1.165, 1.54) is 4.90 Å². The molecule has 1 heterocycles. The molecule has 1 atom stereocenters. The Hall–Kier alpha value is -0.930. The number of ether oxygens (including phenoxy) is 1. The quantitative estimate of drug-likeness (QED) is 0.710. The first-order valence-corrected chi connectivity index (χ1v) is 7.09. The number of rotatable bonds is 5. The molecule has 17 heavy (non-hydrogen) atoms. The molecule has 1 rings (SSSR count). The number of carbonyl (C=O) groups excluding carboxylic acids is 1. The van der Waals surface area contributed by atoms with E-state index in [0.29, 0.717) is 26.2 Å². The second-order valence-electron chi connectivity index (χ2n) is 4.06. The number of hydrogen-bond acceptors (Lipinski definition) is 4. The maximum Gasteiger partial charge on any atom is 0.234 e. The predicted octanol–water partition coefficient (Wildman–Crippen LogP) is 0.286. The molecule has 0 spiro atoms. The van der Waals surface area contributed by atoms with Gasteiger partial charge in [0.25, 0.3) is 0 Å². The van der Waals surface area contributed by atoms with Gasteiger partial charge in [0.1, 0.15) is 5.75 Å². The minimum atomic E-state index is -1.12. The smallest absolute Gasteiger partial charge is 0.234 e. The Labute approximate surface area is 104 Å². The van der Waals surface area contributed by atoms with Crippen molar-refractivity contribution < 1.29 is 13.7 Å². The lowest BCUT2D eigenvalue weighted by atomic mass is 10.2. The molecular formula is C11H18N2O3S. The molecular weight excluding hydrogens is 240 g/mol. The Morgan fingerprint density at radius 2 is 2.18 bits per heavy atom. The second-order valence-corrected chi connectivity index (χ2v) is 5.78. The summed E-state index contributed by atoms with van der Waals surface area (Å²) in [6.45, 7) is 1.67. The van der Waals surface area contributed by atoms with Crippen LogP contribution in [0.3, 0.4) is 0 Å². The van der Waals surface area contributed by atoms with Crippen molar-refractivity contribution >= 4 is 16.7 Å². The van der Waals surface area contributed by atoms with E-state index in [9.17, 15) is 9.00 Å². The van der Waals surface area contributed by atoms with Crippen LogP contribution in [0.5, 0.6) is 0 Å². The molecule has 0 aromatic rings. The van der Waals surface area contributed by atoms with Crippen LogP contribution >= 0.6 is 0 Å². The highest BCUT2D eigenvalue weighted by molar-refractivity contribution is 7.86. The van der Waals surface area contributed by atoms with Crippen molar-refractivity contribution in [2.45, 2.75) is 24.5 Å². The van der Waals surface area contributed by atoms with E-state index in [1.54, 1.807) is 7.05 Å². The van der Waals surface area contributed by atoms with Crippen LogP contribution in [0, 0.1) is 11.3 Å². The van der Waals surface area contributed by atoms with Gasteiger partial charge in [0.15, 0.2) is 0 Å². The van der Waals surface area contributed by atoms with Crippen LogP contribution in [0.2, 0.25) is 0 Å². The van der Waals surface area contributed by atoms with Crippen molar-refractivity contribution in [3.05, 3.63) is 0 Å². The highest BCUT2D eigenvalue weighted by Crippen LogP contribution is 2.13. The van der Waals surface area contributed by atoms with Gasteiger partial charge >= 0.3 is 0 Å². The molecule has 0 aromatic heterocycles. The van der Waals surface area contributed by atoms with Gasteiger partial charge in [-0.2, -0.15) is 5.26 Å². The molecule has 96 valence electrons. The lowest BCUT2D eigenvalue weighted by Gasteiger charge is -2.22. The van der Waals surface area contributed by atoms with Gasteiger partial charge in [0, 0.05) is 42.9 Å². The molecule has 0 bridgehead atoms. The predicted molar refractivity (Wildman–Crippen MR) is 64.7 cm³/mol. The van der Waals surface area contributed by atoms with E-state index in [0.717, 1.165) is 12.8 Å². The minimum Gasteiger partial charge on any atom is -0.381 e. The summed E-state index contributed by atoms with van der Waals surface area (Å²) in [6, 6.07) is 1.98. The fraction of sp³-hybridized carbons (Fsp3) is 0.818. The monoisotopic (exact) mass is 258 g/mol. The largest absolute Gasteiger partial charge is 0.381 e. The van der Waals surface area contributed by atoms with Crippen molar-refractivity contribution in [2.24, 2.45) is 0 Å². The average molecular weight is 258 g/mol. The maximum absolute atomic E-state index is 11.9. The van der Waals surface area contributed by atoms with Crippen LogP contribution in [-0.4, -0.2) is 52.8 Å². The highest BCUT2D eigenvalue weighted by atomic mass is 32.2. The lowest BCUT2D eigenvalue weighted by Crippen LogP contribution is -2.35. The summed E-state index contributed by atoms with van der Waals surface area (Å²) in [6.07, 6.45) is 1.84. The topological polar surface area (TPSA) is 70.4 Å². The van der Waals surface area contributed by atoms with Gasteiger partial charge in [0.05, 0.1) is 12.5 Å². The van der Waals surface area contributed by atoms with E-state index in [1.807, 2.05) is 6.07 Å². The van der Waals surface area contributed by atoms with Crippen LogP contribution < -0.4 is 0 Å². The summed E-state index contributed by atoms with van der Waals surface area (Å²) in [5.74, 6) is -0.0860. The fourth-order valence-electron chi connectivity index (χ4n) is 1.63.